The van der Waals surface area contributed by atoms with Crippen molar-refractivity contribution in [2.24, 2.45) is 0 Å². The van der Waals surface area contributed by atoms with Gasteiger partial charge in [0.15, 0.2) is 0 Å². The maximum Gasteiger partial charge on any atom is 0.337 e. The number of halogens is 3. The van der Waals surface area contributed by atoms with E-state index in [2.05, 4.69) is 0 Å². The van der Waals surface area contributed by atoms with Crippen LogP contribution in [-0.2, 0) is 0 Å². The molecule has 0 saturated carbocycles. The van der Waals surface area contributed by atoms with Crippen LogP contribution in [0.15, 0.2) is 0 Å². The molecule has 0 saturated heterocycles. The van der Waals surface area contributed by atoms with E-state index in [4.69, 9.17) is 0 Å². The Bertz CT molecular complexity index is 586. The van der Waals surface area contributed by atoms with E-state index in [1.807, 2.05) is 0 Å². The van der Waals surface area contributed by atoms with Crippen LogP contribution >= 0.6 is 67.8 Å². The number of nitrogens with zero attached hydrogens (tertiary/aromatic N) is 1. The largest absolute Gasteiger partial charge is 0.478 e. The standard InChI is InChI=1S/C11H8I3NO5/c1-15(2)9(16)3-6(12)4(10(17)18)8(14)5(7(3)13)11(19)20/h1-2H3,(H,17,18)(H,19,20). The van der Waals surface area contributed by atoms with Crippen LogP contribution < -0.4 is 0 Å². The molecule has 0 radical (unpaired) electrons. The van der Waals surface area contributed by atoms with Crippen molar-refractivity contribution >= 4 is 85.6 Å². The van der Waals surface area contributed by atoms with Crippen molar-refractivity contribution in [2.75, 3.05) is 14.1 Å². The van der Waals surface area contributed by atoms with Gasteiger partial charge in [-0.2, -0.15) is 0 Å². The van der Waals surface area contributed by atoms with Crippen molar-refractivity contribution < 1.29 is 24.6 Å². The fraction of sp³-hybridized carbons (Fsp3) is 0.182. The number of aromatic carboxylic acids is 2. The van der Waals surface area contributed by atoms with Crippen molar-refractivity contribution in [1.82, 2.24) is 4.90 Å². The van der Waals surface area contributed by atoms with Crippen LogP contribution in [0.25, 0.3) is 0 Å². The van der Waals surface area contributed by atoms with Crippen LogP contribution in [0.1, 0.15) is 31.1 Å². The van der Waals surface area contributed by atoms with Gasteiger partial charge in [0.05, 0.1) is 16.7 Å². The van der Waals surface area contributed by atoms with Gasteiger partial charge in [-0.15, -0.1) is 0 Å². The third-order valence-corrected chi connectivity index (χ3v) is 5.60. The van der Waals surface area contributed by atoms with E-state index in [0.29, 0.717) is 0 Å². The van der Waals surface area contributed by atoms with Crippen molar-refractivity contribution in [3.05, 3.63) is 27.4 Å². The smallest absolute Gasteiger partial charge is 0.337 e. The van der Waals surface area contributed by atoms with Gasteiger partial charge in [0, 0.05) is 24.8 Å². The summed E-state index contributed by atoms with van der Waals surface area (Å²) in [5.41, 5.74) is -0.213. The van der Waals surface area contributed by atoms with Crippen LogP contribution in [0.2, 0.25) is 0 Å². The third-order valence-electron chi connectivity index (χ3n) is 2.36. The quantitative estimate of drug-likeness (QED) is 0.511. The molecule has 0 aliphatic rings. The summed E-state index contributed by atoms with van der Waals surface area (Å²) in [6.45, 7) is 0. The fourth-order valence-electron chi connectivity index (χ4n) is 1.45. The summed E-state index contributed by atoms with van der Waals surface area (Å²) >= 11 is 5.21. The van der Waals surface area contributed by atoms with Crippen LogP contribution in [0.4, 0.5) is 0 Å². The minimum Gasteiger partial charge on any atom is -0.478 e. The van der Waals surface area contributed by atoms with Crippen molar-refractivity contribution in [1.29, 1.82) is 0 Å². The Morgan fingerprint density at radius 3 is 1.35 bits per heavy atom. The van der Waals surface area contributed by atoms with E-state index in [1.165, 1.54) is 19.0 Å². The first-order valence-corrected chi connectivity index (χ1v) is 8.23. The van der Waals surface area contributed by atoms with Crippen LogP contribution in [0.3, 0.4) is 0 Å². The van der Waals surface area contributed by atoms with Gasteiger partial charge in [-0.05, 0) is 67.8 Å². The average Bonchev–Trinajstić information content (AvgIpc) is 2.26. The third kappa shape index (κ3) is 3.18. The molecule has 1 amide bonds. The second kappa shape index (κ2) is 6.72. The maximum absolute atomic E-state index is 12.2. The molecular formula is C11H8I3NO5. The predicted octanol–water partition coefficient (Wildman–Crippen LogP) is 2.60. The molecule has 6 nitrogen and oxygen atoms in total. The molecule has 0 heterocycles. The first-order valence-electron chi connectivity index (χ1n) is 4.99. The number of carboxylic acids is 2. The van der Waals surface area contributed by atoms with E-state index in [0.717, 1.165) is 0 Å². The molecular weight excluding hydrogens is 607 g/mol. The summed E-state index contributed by atoms with van der Waals surface area (Å²) in [6.07, 6.45) is 0. The molecule has 9 heteroatoms. The van der Waals surface area contributed by atoms with Crippen molar-refractivity contribution in [3.63, 3.8) is 0 Å². The highest BCUT2D eigenvalue weighted by Crippen LogP contribution is 2.32. The topological polar surface area (TPSA) is 94.9 Å². The van der Waals surface area contributed by atoms with E-state index >= 15 is 0 Å². The SMILES string of the molecule is CN(C)C(=O)c1c(I)c(C(=O)O)c(I)c(C(=O)O)c1I. The van der Waals surface area contributed by atoms with Crippen molar-refractivity contribution in [3.8, 4) is 0 Å². The van der Waals surface area contributed by atoms with Gasteiger partial charge in [0.25, 0.3) is 5.91 Å². The average molecular weight is 615 g/mol. The Labute approximate surface area is 155 Å². The number of carbonyl (C=O) groups is 3. The van der Waals surface area contributed by atoms with Crippen molar-refractivity contribution in [2.45, 2.75) is 0 Å². The number of carbonyl (C=O) groups excluding carboxylic acids is 1. The molecule has 0 aliphatic heterocycles. The molecule has 2 N–H and O–H groups in total. The van der Waals surface area contributed by atoms with Crippen LogP contribution in [-0.4, -0.2) is 47.1 Å². The molecule has 108 valence electrons. The zero-order valence-corrected chi connectivity index (χ0v) is 16.7. The Balaban J connectivity index is 3.90. The van der Waals surface area contributed by atoms with Gasteiger partial charge < -0.3 is 15.1 Å². The highest BCUT2D eigenvalue weighted by Gasteiger charge is 2.30. The molecule has 1 aromatic carbocycles. The number of carboxylic acid groups (broad SMARTS) is 2. The zero-order chi connectivity index (χ0) is 15.8. The van der Waals surface area contributed by atoms with Crippen LogP contribution in [0.5, 0.6) is 0 Å². The maximum atomic E-state index is 12.2. The molecule has 0 spiro atoms. The van der Waals surface area contributed by atoms with Gasteiger partial charge in [0.1, 0.15) is 0 Å². The Morgan fingerprint density at radius 2 is 1.10 bits per heavy atom. The number of hydrogen-bond acceptors (Lipinski definition) is 3. The highest BCUT2D eigenvalue weighted by molar-refractivity contribution is 14.1. The number of amides is 1. The number of rotatable bonds is 3. The van der Waals surface area contributed by atoms with Crippen LogP contribution in [0, 0.1) is 10.7 Å². The summed E-state index contributed by atoms with van der Waals surface area (Å²) < 4.78 is 0.604. The summed E-state index contributed by atoms with van der Waals surface area (Å²) in [4.78, 5) is 36.1. The van der Waals surface area contributed by atoms with E-state index in [1.54, 1.807) is 67.8 Å². The lowest BCUT2D eigenvalue weighted by Crippen LogP contribution is -2.27. The molecule has 0 unspecified atom stereocenters. The minimum absolute atomic E-state index is 0.103. The normalized spacial score (nSPS) is 10.2. The van der Waals surface area contributed by atoms with Gasteiger partial charge in [-0.1, -0.05) is 0 Å². The first-order chi connectivity index (χ1) is 9.11. The summed E-state index contributed by atoms with van der Waals surface area (Å²) in [7, 11) is 3.04. The minimum atomic E-state index is -1.26. The lowest BCUT2D eigenvalue weighted by Gasteiger charge is -2.17. The summed E-state index contributed by atoms with van der Waals surface area (Å²) in [5, 5.41) is 18.5. The number of hydrogen-bond donors (Lipinski definition) is 2. The van der Waals surface area contributed by atoms with Gasteiger partial charge in [0.2, 0.25) is 0 Å². The predicted molar refractivity (Wildman–Crippen MR) is 96.5 cm³/mol. The van der Waals surface area contributed by atoms with Gasteiger partial charge >= 0.3 is 11.9 Å². The van der Waals surface area contributed by atoms with E-state index in [-0.39, 0.29) is 27.4 Å². The Kier molecular flexibility index (Phi) is 6.01. The van der Waals surface area contributed by atoms with Gasteiger partial charge in [-0.3, -0.25) is 4.79 Å². The molecule has 20 heavy (non-hydrogen) atoms. The molecule has 1 rings (SSSR count). The Hall–Kier alpha value is -0.180. The molecule has 0 fully saturated rings. The highest BCUT2D eigenvalue weighted by atomic mass is 127. The van der Waals surface area contributed by atoms with E-state index in [9.17, 15) is 24.6 Å². The second-order valence-electron chi connectivity index (χ2n) is 3.88. The van der Waals surface area contributed by atoms with E-state index < -0.39 is 17.8 Å². The lowest BCUT2D eigenvalue weighted by molar-refractivity contribution is 0.0694. The fourth-order valence-corrected chi connectivity index (χ4v) is 6.00. The monoisotopic (exact) mass is 615 g/mol. The zero-order valence-electron chi connectivity index (χ0n) is 10.2. The molecule has 0 atom stereocenters. The summed E-state index contributed by atoms with van der Waals surface area (Å²) in [6, 6.07) is 0. The second-order valence-corrected chi connectivity index (χ2v) is 7.11. The molecule has 0 bridgehead atoms. The Morgan fingerprint density at radius 1 is 0.800 bits per heavy atom. The summed E-state index contributed by atoms with van der Waals surface area (Å²) in [5.74, 6) is -2.95. The lowest BCUT2D eigenvalue weighted by atomic mass is 10.0. The molecule has 0 aromatic heterocycles. The molecule has 1 aromatic rings. The first kappa shape index (κ1) is 17.9. The molecule has 0 aliphatic carbocycles. The number of benzene rings is 1. The van der Waals surface area contributed by atoms with Gasteiger partial charge in [-0.25, -0.2) is 9.59 Å².